The van der Waals surface area contributed by atoms with Crippen LogP contribution in [-0.4, -0.2) is 53.3 Å². The van der Waals surface area contributed by atoms with E-state index in [1.54, 1.807) is 12.1 Å². The van der Waals surface area contributed by atoms with Gasteiger partial charge in [-0.3, -0.25) is 14.5 Å². The molecule has 0 atom stereocenters. The van der Waals surface area contributed by atoms with Gasteiger partial charge in [0, 0.05) is 18.6 Å². The number of nitrogens with one attached hydrogen (secondary N) is 1. The third kappa shape index (κ3) is 4.29. The Hall–Kier alpha value is -1.47. The molecule has 0 aromatic carbocycles. The number of thioether (sulfide) groups is 1. The minimum atomic E-state index is -0.779. The Balaban J connectivity index is 1.47. The van der Waals surface area contributed by atoms with Crippen LogP contribution >= 0.6 is 11.8 Å². The molecule has 2 saturated carbocycles. The molecular weight excluding hydrogens is 316 g/mol. The molecule has 0 aliphatic heterocycles. The van der Waals surface area contributed by atoms with Gasteiger partial charge in [-0.25, -0.2) is 0 Å². The Morgan fingerprint density at radius 3 is 2.70 bits per heavy atom. The summed E-state index contributed by atoms with van der Waals surface area (Å²) in [5, 5.41) is 12.7. The van der Waals surface area contributed by atoms with Crippen LogP contribution < -0.4 is 5.32 Å². The van der Waals surface area contributed by atoms with Crippen molar-refractivity contribution in [2.75, 3.05) is 19.3 Å². The first-order chi connectivity index (χ1) is 11.0. The standard InChI is InChI=1S/C16H22N2O4S/c1-23-15-5-4-13(22-15)16(21)17-11-6-12(7-11)18(9-14(19)20)8-10-2-3-10/h4-5,10-12H,2-3,6-9H2,1H3,(H,17,21)(H,19,20). The number of hydrogen-bond acceptors (Lipinski definition) is 5. The van der Waals surface area contributed by atoms with E-state index in [1.165, 1.54) is 24.6 Å². The molecule has 0 spiro atoms. The fraction of sp³-hybridized carbons (Fsp3) is 0.625. The third-order valence-electron chi connectivity index (χ3n) is 4.50. The normalized spacial score (nSPS) is 23.6. The van der Waals surface area contributed by atoms with E-state index in [4.69, 9.17) is 9.52 Å². The number of carbonyl (C=O) groups is 2. The highest BCUT2D eigenvalue weighted by atomic mass is 32.2. The lowest BCUT2D eigenvalue weighted by Crippen LogP contribution is -2.55. The molecule has 1 amide bonds. The molecule has 3 rings (SSSR count). The second-order valence-electron chi connectivity index (χ2n) is 6.38. The van der Waals surface area contributed by atoms with Gasteiger partial charge in [0.2, 0.25) is 0 Å². The van der Waals surface area contributed by atoms with E-state index in [1.807, 2.05) is 6.26 Å². The van der Waals surface area contributed by atoms with Crippen molar-refractivity contribution in [3.05, 3.63) is 17.9 Å². The summed E-state index contributed by atoms with van der Waals surface area (Å²) in [7, 11) is 0. The highest BCUT2D eigenvalue weighted by Crippen LogP contribution is 2.33. The van der Waals surface area contributed by atoms with E-state index in [9.17, 15) is 9.59 Å². The molecule has 0 radical (unpaired) electrons. The Morgan fingerprint density at radius 1 is 1.39 bits per heavy atom. The van der Waals surface area contributed by atoms with Crippen LogP contribution in [-0.2, 0) is 4.79 Å². The first-order valence-electron chi connectivity index (χ1n) is 7.95. The van der Waals surface area contributed by atoms with Gasteiger partial charge in [-0.2, -0.15) is 0 Å². The molecule has 0 bridgehead atoms. The smallest absolute Gasteiger partial charge is 0.317 e. The van der Waals surface area contributed by atoms with Gasteiger partial charge in [0.25, 0.3) is 5.91 Å². The fourth-order valence-electron chi connectivity index (χ4n) is 2.96. The number of rotatable bonds is 8. The van der Waals surface area contributed by atoms with Crippen molar-refractivity contribution in [1.29, 1.82) is 0 Å². The van der Waals surface area contributed by atoms with Crippen molar-refractivity contribution >= 4 is 23.6 Å². The first-order valence-corrected chi connectivity index (χ1v) is 9.18. The minimum absolute atomic E-state index is 0.0943. The molecule has 126 valence electrons. The molecule has 2 aliphatic carbocycles. The van der Waals surface area contributed by atoms with Crippen molar-refractivity contribution in [2.45, 2.75) is 42.9 Å². The Morgan fingerprint density at radius 2 is 2.13 bits per heavy atom. The van der Waals surface area contributed by atoms with Crippen LogP contribution in [0.4, 0.5) is 0 Å². The number of carbonyl (C=O) groups excluding carboxylic acids is 1. The van der Waals surface area contributed by atoms with E-state index in [0.717, 1.165) is 24.5 Å². The molecule has 1 heterocycles. The lowest BCUT2D eigenvalue weighted by atomic mass is 9.85. The van der Waals surface area contributed by atoms with Crippen LogP contribution in [0.5, 0.6) is 0 Å². The topological polar surface area (TPSA) is 82.8 Å². The molecule has 2 aliphatic rings. The number of furan rings is 1. The van der Waals surface area contributed by atoms with E-state index in [2.05, 4.69) is 10.2 Å². The van der Waals surface area contributed by atoms with E-state index in [0.29, 0.717) is 11.7 Å². The van der Waals surface area contributed by atoms with Crippen LogP contribution in [0, 0.1) is 5.92 Å². The van der Waals surface area contributed by atoms with Crippen molar-refractivity contribution < 1.29 is 19.1 Å². The maximum atomic E-state index is 12.1. The van der Waals surface area contributed by atoms with Crippen LogP contribution in [0.1, 0.15) is 36.2 Å². The molecule has 1 aromatic rings. The summed E-state index contributed by atoms with van der Waals surface area (Å²) < 4.78 is 5.41. The average Bonchev–Trinajstić information content (AvgIpc) is 3.14. The van der Waals surface area contributed by atoms with E-state index < -0.39 is 5.97 Å². The maximum absolute atomic E-state index is 12.1. The van der Waals surface area contributed by atoms with Crippen molar-refractivity contribution in [3.8, 4) is 0 Å². The zero-order chi connectivity index (χ0) is 16.4. The van der Waals surface area contributed by atoms with Gasteiger partial charge in [-0.1, -0.05) is 11.8 Å². The van der Waals surface area contributed by atoms with Crippen LogP contribution in [0.3, 0.4) is 0 Å². The highest BCUT2D eigenvalue weighted by Gasteiger charge is 2.38. The lowest BCUT2D eigenvalue weighted by molar-refractivity contribution is -0.139. The van der Waals surface area contributed by atoms with Gasteiger partial charge in [-0.05, 0) is 50.0 Å². The number of nitrogens with zero attached hydrogens (tertiary/aromatic N) is 1. The monoisotopic (exact) mass is 338 g/mol. The molecule has 0 unspecified atom stereocenters. The Bertz CT molecular complexity index is 578. The summed E-state index contributed by atoms with van der Waals surface area (Å²) in [6, 6.07) is 3.83. The quantitative estimate of drug-likeness (QED) is 0.706. The molecule has 2 N–H and O–H groups in total. The van der Waals surface area contributed by atoms with Gasteiger partial charge in [0.1, 0.15) is 0 Å². The molecule has 1 aromatic heterocycles. The predicted octanol–water partition coefficient (Wildman–Crippen LogP) is 2.06. The summed E-state index contributed by atoms with van der Waals surface area (Å²) in [6.07, 6.45) is 5.93. The van der Waals surface area contributed by atoms with Crippen LogP contribution in [0.2, 0.25) is 0 Å². The Labute approximate surface area is 139 Å². The lowest BCUT2D eigenvalue weighted by Gasteiger charge is -2.42. The van der Waals surface area contributed by atoms with E-state index in [-0.39, 0.29) is 24.5 Å². The second-order valence-corrected chi connectivity index (χ2v) is 7.20. The molecule has 2 fully saturated rings. The summed E-state index contributed by atoms with van der Waals surface area (Å²) in [5.41, 5.74) is 0. The predicted molar refractivity (Wildman–Crippen MR) is 86.7 cm³/mol. The number of carboxylic acid groups (broad SMARTS) is 1. The van der Waals surface area contributed by atoms with Gasteiger partial charge < -0.3 is 14.8 Å². The van der Waals surface area contributed by atoms with Gasteiger partial charge in [-0.15, -0.1) is 0 Å². The van der Waals surface area contributed by atoms with E-state index >= 15 is 0 Å². The number of hydrogen-bond donors (Lipinski definition) is 2. The van der Waals surface area contributed by atoms with Gasteiger partial charge in [0.15, 0.2) is 10.9 Å². The van der Waals surface area contributed by atoms with Gasteiger partial charge in [0.05, 0.1) is 6.54 Å². The first kappa shape index (κ1) is 16.4. The fourth-order valence-corrected chi connectivity index (χ4v) is 3.34. The molecule has 0 saturated heterocycles. The second kappa shape index (κ2) is 6.97. The molecule has 6 nitrogen and oxygen atoms in total. The maximum Gasteiger partial charge on any atom is 0.317 e. The van der Waals surface area contributed by atoms with Gasteiger partial charge >= 0.3 is 5.97 Å². The third-order valence-corrected chi connectivity index (χ3v) is 5.12. The number of amides is 1. The molecule has 7 heteroatoms. The average molecular weight is 338 g/mol. The Kier molecular flexibility index (Phi) is 4.96. The summed E-state index contributed by atoms with van der Waals surface area (Å²) in [4.78, 5) is 25.2. The number of aliphatic carboxylic acids is 1. The van der Waals surface area contributed by atoms with Crippen molar-refractivity contribution in [1.82, 2.24) is 10.2 Å². The summed E-state index contributed by atoms with van der Waals surface area (Å²) in [6.45, 7) is 0.962. The zero-order valence-electron chi connectivity index (χ0n) is 13.2. The SMILES string of the molecule is CSc1ccc(C(=O)NC2CC(N(CC(=O)O)CC3CC3)C2)o1. The summed E-state index contributed by atoms with van der Waals surface area (Å²) in [5.74, 6) is 0.0216. The minimum Gasteiger partial charge on any atom is -0.480 e. The number of carboxylic acids is 1. The molecule has 23 heavy (non-hydrogen) atoms. The summed E-state index contributed by atoms with van der Waals surface area (Å²) >= 11 is 1.46. The molecular formula is C16H22N2O4S. The van der Waals surface area contributed by atoms with Crippen molar-refractivity contribution in [3.63, 3.8) is 0 Å². The van der Waals surface area contributed by atoms with Crippen molar-refractivity contribution in [2.24, 2.45) is 5.92 Å². The van der Waals surface area contributed by atoms with Crippen LogP contribution in [0.15, 0.2) is 21.6 Å². The zero-order valence-corrected chi connectivity index (χ0v) is 14.0. The largest absolute Gasteiger partial charge is 0.480 e. The highest BCUT2D eigenvalue weighted by molar-refractivity contribution is 7.98. The van der Waals surface area contributed by atoms with Crippen LogP contribution in [0.25, 0.3) is 0 Å².